The lowest BCUT2D eigenvalue weighted by Gasteiger charge is -2.05. The lowest BCUT2D eigenvalue weighted by molar-refractivity contribution is 0.934. The number of nitrogens with one attached hydrogen (secondary N) is 1. The highest BCUT2D eigenvalue weighted by molar-refractivity contribution is 7.19. The molecule has 0 bridgehead atoms. The Labute approximate surface area is 175 Å². The Morgan fingerprint density at radius 1 is 1.00 bits per heavy atom. The van der Waals surface area contributed by atoms with Gasteiger partial charge in [-0.25, -0.2) is 14.5 Å². The molecule has 7 nitrogen and oxygen atoms in total. The second-order valence-corrected chi connectivity index (χ2v) is 7.90. The molecule has 0 aliphatic heterocycles. The number of pyridine rings is 2. The number of H-pyrrole nitrogens is 1. The fourth-order valence-corrected chi connectivity index (χ4v) is 4.91. The van der Waals surface area contributed by atoms with Crippen LogP contribution in [0.3, 0.4) is 0 Å². The molecule has 0 aliphatic rings. The summed E-state index contributed by atoms with van der Waals surface area (Å²) in [7, 11) is 0. The molecular formula is C22H15N7S. The molecule has 5 aromatic heterocycles. The van der Waals surface area contributed by atoms with Crippen molar-refractivity contribution in [3.8, 4) is 32.5 Å². The zero-order valence-electron chi connectivity index (χ0n) is 15.9. The molecule has 5 heterocycles. The van der Waals surface area contributed by atoms with Gasteiger partial charge in [0.1, 0.15) is 11.3 Å². The average Bonchev–Trinajstić information content (AvgIpc) is 3.51. The minimum Gasteiger partial charge on any atom is -0.259 e. The molecule has 6 aromatic rings. The molecule has 8 heteroatoms. The van der Waals surface area contributed by atoms with Gasteiger partial charge in [0, 0.05) is 23.3 Å². The summed E-state index contributed by atoms with van der Waals surface area (Å²) in [6.07, 6.45) is 5.27. The van der Waals surface area contributed by atoms with E-state index in [4.69, 9.17) is 4.98 Å². The van der Waals surface area contributed by atoms with Crippen molar-refractivity contribution >= 4 is 27.8 Å². The highest BCUT2D eigenvalue weighted by Gasteiger charge is 2.22. The number of benzene rings is 1. The van der Waals surface area contributed by atoms with Gasteiger partial charge in [-0.3, -0.25) is 10.1 Å². The highest BCUT2D eigenvalue weighted by Crippen LogP contribution is 2.42. The summed E-state index contributed by atoms with van der Waals surface area (Å²) in [5, 5.41) is 13.6. The van der Waals surface area contributed by atoms with Gasteiger partial charge in [0.2, 0.25) is 0 Å². The van der Waals surface area contributed by atoms with E-state index in [0.29, 0.717) is 5.82 Å². The van der Waals surface area contributed by atoms with Crippen LogP contribution in [-0.2, 0) is 0 Å². The van der Waals surface area contributed by atoms with Crippen LogP contribution in [0.2, 0.25) is 0 Å². The molecule has 0 aliphatic carbocycles. The summed E-state index contributed by atoms with van der Waals surface area (Å²) in [6.45, 7) is 2.01. The van der Waals surface area contributed by atoms with E-state index in [2.05, 4.69) is 43.5 Å². The van der Waals surface area contributed by atoms with Gasteiger partial charge >= 0.3 is 0 Å². The van der Waals surface area contributed by atoms with Crippen LogP contribution < -0.4 is 0 Å². The maximum Gasteiger partial charge on any atom is 0.167 e. The number of hydrogen-bond donors (Lipinski definition) is 1. The Kier molecular flexibility index (Phi) is 3.72. The summed E-state index contributed by atoms with van der Waals surface area (Å²) >= 11 is 1.59. The zero-order chi connectivity index (χ0) is 20.1. The number of nitrogens with zero attached hydrogens (tertiary/aromatic N) is 6. The third-order valence-electron chi connectivity index (χ3n) is 5.09. The van der Waals surface area contributed by atoms with E-state index in [1.54, 1.807) is 17.5 Å². The first-order chi connectivity index (χ1) is 14.8. The Morgan fingerprint density at radius 2 is 1.97 bits per heavy atom. The first-order valence-corrected chi connectivity index (χ1v) is 10.3. The fourth-order valence-electron chi connectivity index (χ4n) is 3.78. The highest BCUT2D eigenvalue weighted by atomic mass is 32.1. The predicted octanol–water partition coefficient (Wildman–Crippen LogP) is 4.77. The molecule has 30 heavy (non-hydrogen) atoms. The Balaban J connectivity index is 1.66. The monoisotopic (exact) mass is 409 g/mol. The van der Waals surface area contributed by atoms with Crippen LogP contribution in [0.1, 0.15) is 5.69 Å². The average molecular weight is 409 g/mol. The Hall–Kier alpha value is -3.91. The van der Waals surface area contributed by atoms with Gasteiger partial charge in [0.15, 0.2) is 5.82 Å². The summed E-state index contributed by atoms with van der Waals surface area (Å²) < 4.78 is 1.89. The van der Waals surface area contributed by atoms with Crippen LogP contribution in [0.5, 0.6) is 0 Å². The quantitative estimate of drug-likeness (QED) is 0.455. The van der Waals surface area contributed by atoms with Crippen LogP contribution in [0.15, 0.2) is 67.3 Å². The fraction of sp³-hybridized carbons (Fsp3) is 0.0455. The zero-order valence-corrected chi connectivity index (χ0v) is 16.8. The number of hydrogen-bond acceptors (Lipinski definition) is 6. The van der Waals surface area contributed by atoms with Crippen molar-refractivity contribution in [3.05, 3.63) is 72.9 Å². The molecule has 1 aromatic carbocycles. The van der Waals surface area contributed by atoms with Gasteiger partial charge in [-0.2, -0.15) is 10.2 Å². The molecule has 0 saturated heterocycles. The molecule has 0 atom stereocenters. The van der Waals surface area contributed by atoms with Crippen LogP contribution in [0, 0.1) is 6.92 Å². The minimum absolute atomic E-state index is 0.698. The van der Waals surface area contributed by atoms with E-state index in [9.17, 15) is 0 Å². The molecule has 1 N–H and O–H groups in total. The van der Waals surface area contributed by atoms with E-state index in [0.717, 1.165) is 48.8 Å². The van der Waals surface area contributed by atoms with Crippen molar-refractivity contribution < 1.29 is 0 Å². The van der Waals surface area contributed by atoms with Crippen molar-refractivity contribution in [2.45, 2.75) is 6.92 Å². The summed E-state index contributed by atoms with van der Waals surface area (Å²) in [4.78, 5) is 14.9. The van der Waals surface area contributed by atoms with Crippen molar-refractivity contribution in [2.24, 2.45) is 0 Å². The largest absolute Gasteiger partial charge is 0.259 e. The maximum atomic E-state index is 5.09. The standard InChI is InChI=1S/C22H15N7S/c1-13-18(17-9-2-3-11-29(17)28-13)22-26-19(20(30-22)21-24-12-25-27-21)15-6-4-8-16-14(15)7-5-10-23-16/h2-12H,1H3,(H,24,25,27). The molecule has 0 saturated carbocycles. The Bertz CT molecular complexity index is 1510. The molecular weight excluding hydrogens is 394 g/mol. The first-order valence-electron chi connectivity index (χ1n) is 9.44. The molecule has 0 radical (unpaired) electrons. The van der Waals surface area contributed by atoms with Gasteiger partial charge in [-0.05, 0) is 31.2 Å². The number of aryl methyl sites for hydroxylation is 1. The number of fused-ring (bicyclic) bond motifs is 2. The van der Waals surface area contributed by atoms with Crippen LogP contribution in [0.25, 0.3) is 48.9 Å². The predicted molar refractivity (Wildman–Crippen MR) is 117 cm³/mol. The second kappa shape index (κ2) is 6.57. The van der Waals surface area contributed by atoms with Crippen molar-refractivity contribution in [1.82, 2.24) is 34.8 Å². The first kappa shape index (κ1) is 17.0. The van der Waals surface area contributed by atoms with Gasteiger partial charge < -0.3 is 0 Å². The van der Waals surface area contributed by atoms with Crippen molar-refractivity contribution in [3.63, 3.8) is 0 Å². The second-order valence-electron chi connectivity index (χ2n) is 6.90. The van der Waals surface area contributed by atoms with E-state index in [1.165, 1.54) is 6.33 Å². The van der Waals surface area contributed by atoms with Gasteiger partial charge in [-0.15, -0.1) is 11.3 Å². The normalized spacial score (nSPS) is 11.5. The number of aromatic amines is 1. The topological polar surface area (TPSA) is 84.7 Å². The van der Waals surface area contributed by atoms with Crippen molar-refractivity contribution in [2.75, 3.05) is 0 Å². The van der Waals surface area contributed by atoms with E-state index in [1.807, 2.05) is 48.0 Å². The maximum absolute atomic E-state index is 5.09. The summed E-state index contributed by atoms with van der Waals surface area (Å²) in [6, 6.07) is 16.2. The van der Waals surface area contributed by atoms with Crippen LogP contribution in [-0.4, -0.2) is 34.8 Å². The van der Waals surface area contributed by atoms with E-state index < -0.39 is 0 Å². The number of thiazole rings is 1. The molecule has 144 valence electrons. The van der Waals surface area contributed by atoms with E-state index in [-0.39, 0.29) is 0 Å². The smallest absolute Gasteiger partial charge is 0.167 e. The van der Waals surface area contributed by atoms with E-state index >= 15 is 0 Å². The summed E-state index contributed by atoms with van der Waals surface area (Å²) in [5.74, 6) is 0.698. The molecule has 0 fully saturated rings. The third kappa shape index (κ3) is 2.54. The molecule has 0 spiro atoms. The third-order valence-corrected chi connectivity index (χ3v) is 6.17. The van der Waals surface area contributed by atoms with Gasteiger partial charge in [0.05, 0.1) is 32.9 Å². The molecule has 6 rings (SSSR count). The van der Waals surface area contributed by atoms with Crippen LogP contribution in [0.4, 0.5) is 0 Å². The van der Waals surface area contributed by atoms with Crippen LogP contribution >= 0.6 is 11.3 Å². The lowest BCUT2D eigenvalue weighted by Crippen LogP contribution is -1.87. The molecule has 0 amide bonds. The molecule has 0 unspecified atom stereocenters. The summed E-state index contributed by atoms with van der Waals surface area (Å²) in [5.41, 5.74) is 5.80. The number of rotatable bonds is 3. The van der Waals surface area contributed by atoms with Gasteiger partial charge in [-0.1, -0.05) is 24.3 Å². The Morgan fingerprint density at radius 3 is 2.87 bits per heavy atom. The van der Waals surface area contributed by atoms with Crippen molar-refractivity contribution in [1.29, 1.82) is 0 Å². The lowest BCUT2D eigenvalue weighted by atomic mass is 10.0. The minimum atomic E-state index is 0.698. The SMILES string of the molecule is Cc1nn2ccccc2c1-c1nc(-c2cccc3ncccc23)c(-c2ncn[nH]2)s1. The van der Waals surface area contributed by atoms with Gasteiger partial charge in [0.25, 0.3) is 0 Å². The number of aromatic nitrogens is 7.